The lowest BCUT2D eigenvalue weighted by molar-refractivity contribution is -0.127. The fourth-order valence-corrected chi connectivity index (χ4v) is 4.64. The van der Waals surface area contributed by atoms with Crippen LogP contribution in [0.1, 0.15) is 18.9 Å². The number of aliphatic imine (C=N–C) groups is 1. The third-order valence-electron chi connectivity index (χ3n) is 6.46. The summed E-state index contributed by atoms with van der Waals surface area (Å²) in [6.07, 6.45) is 1.75. The van der Waals surface area contributed by atoms with Crippen molar-refractivity contribution in [3.63, 3.8) is 0 Å². The number of nitrogens with zero attached hydrogens (tertiary/aromatic N) is 5. The van der Waals surface area contributed by atoms with Gasteiger partial charge in [-0.05, 0) is 31.9 Å². The van der Waals surface area contributed by atoms with Crippen LogP contribution in [0.4, 0.5) is 4.79 Å². The van der Waals surface area contributed by atoms with Gasteiger partial charge in [0.2, 0.25) is 0 Å². The van der Waals surface area contributed by atoms with Gasteiger partial charge < -0.3 is 19.4 Å². The monoisotopic (exact) mass is 442 g/mol. The third-order valence-corrected chi connectivity index (χ3v) is 6.46. The Bertz CT molecular complexity index is 824. The number of urea groups is 1. The molecule has 0 spiro atoms. The van der Waals surface area contributed by atoms with E-state index in [0.717, 1.165) is 51.5 Å². The van der Waals surface area contributed by atoms with Crippen molar-refractivity contribution in [2.75, 3.05) is 59.5 Å². The summed E-state index contributed by atoms with van der Waals surface area (Å²) in [5, 5.41) is 2.45. The lowest BCUT2D eigenvalue weighted by Gasteiger charge is -2.40. The van der Waals surface area contributed by atoms with Crippen LogP contribution in [0.5, 0.6) is 0 Å². The molecule has 3 aliphatic rings. The van der Waals surface area contributed by atoms with Crippen molar-refractivity contribution in [1.82, 2.24) is 24.9 Å². The second-order valence-corrected chi connectivity index (χ2v) is 8.50. The standard InChI is InChI=1S/C23H34N6O3/c1-3-32-17-16-29-19-20(26(2)23(31)25-21(19)30)24-22(29)28-14-12-27(13-15-28)11-7-10-18-8-5-4-6-9-18/h4-6,8-9,19-20H,3,7,10-17H2,1-2H3,(H,25,30,31). The molecule has 1 N–H and O–H groups in total. The van der Waals surface area contributed by atoms with E-state index in [1.54, 1.807) is 7.05 Å². The summed E-state index contributed by atoms with van der Waals surface area (Å²) in [5.41, 5.74) is 1.39. The summed E-state index contributed by atoms with van der Waals surface area (Å²) in [6, 6.07) is 9.72. The minimum Gasteiger partial charge on any atom is -0.380 e. The molecule has 0 bridgehead atoms. The summed E-state index contributed by atoms with van der Waals surface area (Å²) in [7, 11) is 1.69. The van der Waals surface area contributed by atoms with Gasteiger partial charge in [0.1, 0.15) is 0 Å². The van der Waals surface area contributed by atoms with Crippen molar-refractivity contribution in [2.45, 2.75) is 32.0 Å². The van der Waals surface area contributed by atoms with E-state index < -0.39 is 18.2 Å². The SMILES string of the molecule is CCOCCN1C(N2CCN(CCCc3ccccc3)CC2)=NC2C1C(=O)NC(=O)N2C. The molecule has 4 rings (SSSR count). The molecule has 2 atom stereocenters. The molecule has 174 valence electrons. The van der Waals surface area contributed by atoms with Gasteiger partial charge in [0.05, 0.1) is 6.61 Å². The first kappa shape index (κ1) is 22.5. The van der Waals surface area contributed by atoms with Crippen molar-refractivity contribution in [3.8, 4) is 0 Å². The molecule has 9 nitrogen and oxygen atoms in total. The fraction of sp³-hybridized carbons (Fsp3) is 0.609. The third kappa shape index (κ3) is 4.88. The predicted molar refractivity (Wildman–Crippen MR) is 122 cm³/mol. The van der Waals surface area contributed by atoms with Gasteiger partial charge in [-0.15, -0.1) is 0 Å². The first-order valence-electron chi connectivity index (χ1n) is 11.6. The summed E-state index contributed by atoms with van der Waals surface area (Å²) in [5.74, 6) is 0.522. The molecule has 3 heterocycles. The normalized spacial score (nSPS) is 23.9. The highest BCUT2D eigenvalue weighted by atomic mass is 16.5. The Kier molecular flexibility index (Phi) is 7.26. The van der Waals surface area contributed by atoms with Crippen LogP contribution in [0.3, 0.4) is 0 Å². The summed E-state index contributed by atoms with van der Waals surface area (Å²) >= 11 is 0. The number of rotatable bonds is 8. The second-order valence-electron chi connectivity index (χ2n) is 8.50. The van der Waals surface area contributed by atoms with E-state index in [9.17, 15) is 9.59 Å². The number of imide groups is 1. The lowest BCUT2D eigenvalue weighted by atomic mass is 10.1. The molecule has 2 saturated heterocycles. The van der Waals surface area contributed by atoms with Crippen LogP contribution in [0.2, 0.25) is 0 Å². The number of ether oxygens (including phenoxy) is 1. The van der Waals surface area contributed by atoms with Crippen LogP contribution in [-0.4, -0.2) is 109 Å². The number of benzene rings is 1. The molecule has 0 saturated carbocycles. The number of piperazine rings is 1. The van der Waals surface area contributed by atoms with Gasteiger partial charge in [-0.1, -0.05) is 30.3 Å². The van der Waals surface area contributed by atoms with Crippen LogP contribution in [0, 0.1) is 0 Å². The van der Waals surface area contributed by atoms with Crippen LogP contribution in [-0.2, 0) is 16.0 Å². The Morgan fingerprint density at radius 3 is 2.56 bits per heavy atom. The second kappa shape index (κ2) is 10.3. The molecule has 2 fully saturated rings. The Balaban J connectivity index is 1.36. The van der Waals surface area contributed by atoms with E-state index in [1.807, 2.05) is 11.8 Å². The van der Waals surface area contributed by atoms with Gasteiger partial charge in [-0.3, -0.25) is 15.0 Å². The van der Waals surface area contributed by atoms with Crippen LogP contribution >= 0.6 is 0 Å². The smallest absolute Gasteiger partial charge is 0.325 e. The maximum Gasteiger partial charge on any atom is 0.325 e. The molecule has 0 aromatic heterocycles. The van der Waals surface area contributed by atoms with Crippen molar-refractivity contribution < 1.29 is 14.3 Å². The first-order chi connectivity index (χ1) is 15.6. The van der Waals surface area contributed by atoms with Gasteiger partial charge >= 0.3 is 6.03 Å². The van der Waals surface area contributed by atoms with Gasteiger partial charge in [-0.25, -0.2) is 9.79 Å². The number of aryl methyl sites for hydroxylation is 1. The van der Waals surface area contributed by atoms with Gasteiger partial charge in [0, 0.05) is 46.4 Å². The Labute approximate surface area is 190 Å². The highest BCUT2D eigenvalue weighted by Crippen LogP contribution is 2.25. The number of likely N-dealkylation sites (N-methyl/N-ethyl adjacent to an activating group) is 1. The zero-order valence-corrected chi connectivity index (χ0v) is 19.1. The number of fused-ring (bicyclic) bond motifs is 1. The highest BCUT2D eigenvalue weighted by molar-refractivity contribution is 6.03. The number of amides is 3. The topological polar surface area (TPSA) is 80.7 Å². The molecular formula is C23H34N6O3. The van der Waals surface area contributed by atoms with Crippen molar-refractivity contribution >= 4 is 17.9 Å². The van der Waals surface area contributed by atoms with E-state index in [-0.39, 0.29) is 5.91 Å². The Morgan fingerprint density at radius 2 is 1.84 bits per heavy atom. The molecule has 0 aliphatic carbocycles. The zero-order chi connectivity index (χ0) is 22.5. The number of nitrogens with one attached hydrogen (secondary N) is 1. The summed E-state index contributed by atoms with van der Waals surface area (Å²) < 4.78 is 5.56. The minimum absolute atomic E-state index is 0.284. The molecule has 3 amide bonds. The largest absolute Gasteiger partial charge is 0.380 e. The Hall–Kier alpha value is -2.65. The van der Waals surface area contributed by atoms with E-state index in [2.05, 4.69) is 45.4 Å². The van der Waals surface area contributed by atoms with Gasteiger partial charge in [0.15, 0.2) is 18.2 Å². The van der Waals surface area contributed by atoms with Crippen LogP contribution in [0.15, 0.2) is 35.3 Å². The number of hydrogen-bond donors (Lipinski definition) is 1. The lowest BCUT2D eigenvalue weighted by Crippen LogP contribution is -2.65. The first-order valence-corrected chi connectivity index (χ1v) is 11.6. The van der Waals surface area contributed by atoms with E-state index >= 15 is 0 Å². The quantitative estimate of drug-likeness (QED) is 0.601. The highest BCUT2D eigenvalue weighted by Gasteiger charge is 2.49. The molecular weight excluding hydrogens is 408 g/mol. The number of guanidine groups is 1. The predicted octanol–water partition coefficient (Wildman–Crippen LogP) is 0.821. The van der Waals surface area contributed by atoms with Gasteiger partial charge in [-0.2, -0.15) is 0 Å². The maximum atomic E-state index is 12.6. The molecule has 0 radical (unpaired) electrons. The average molecular weight is 443 g/mol. The molecule has 2 unspecified atom stereocenters. The molecule has 1 aromatic carbocycles. The van der Waals surface area contributed by atoms with Crippen molar-refractivity contribution in [1.29, 1.82) is 0 Å². The zero-order valence-electron chi connectivity index (χ0n) is 19.1. The summed E-state index contributed by atoms with van der Waals surface area (Å²) in [6.45, 7) is 8.38. The van der Waals surface area contributed by atoms with Crippen LogP contribution in [0.25, 0.3) is 0 Å². The van der Waals surface area contributed by atoms with E-state index in [4.69, 9.17) is 9.73 Å². The molecule has 9 heteroatoms. The average Bonchev–Trinajstić information content (AvgIpc) is 3.19. The molecule has 3 aliphatic heterocycles. The van der Waals surface area contributed by atoms with E-state index in [1.165, 1.54) is 10.5 Å². The number of carbonyl (C=O) groups excluding carboxylic acids is 2. The minimum atomic E-state index is -0.503. The van der Waals surface area contributed by atoms with Crippen molar-refractivity contribution in [3.05, 3.63) is 35.9 Å². The van der Waals surface area contributed by atoms with E-state index in [0.29, 0.717) is 19.8 Å². The Morgan fingerprint density at radius 1 is 1.09 bits per heavy atom. The summed E-state index contributed by atoms with van der Waals surface area (Å²) in [4.78, 5) is 37.9. The molecule has 1 aromatic rings. The molecule has 32 heavy (non-hydrogen) atoms. The maximum absolute atomic E-state index is 12.6. The van der Waals surface area contributed by atoms with Gasteiger partial charge in [0.25, 0.3) is 5.91 Å². The fourth-order valence-electron chi connectivity index (χ4n) is 4.64. The van der Waals surface area contributed by atoms with Crippen LogP contribution < -0.4 is 5.32 Å². The van der Waals surface area contributed by atoms with Crippen molar-refractivity contribution in [2.24, 2.45) is 4.99 Å². The number of hydrogen-bond acceptors (Lipinski definition) is 7. The number of carbonyl (C=O) groups is 2.